The van der Waals surface area contributed by atoms with Gasteiger partial charge in [-0.1, -0.05) is 12.1 Å². The van der Waals surface area contributed by atoms with Gasteiger partial charge in [0.15, 0.2) is 5.82 Å². The molecule has 0 aliphatic rings. The third-order valence-electron chi connectivity index (χ3n) is 2.85. The van der Waals surface area contributed by atoms with E-state index in [9.17, 15) is 0 Å². The molecule has 0 atom stereocenters. The summed E-state index contributed by atoms with van der Waals surface area (Å²) in [6, 6.07) is 7.81. The third kappa shape index (κ3) is 1.65. The molecule has 1 aromatic carbocycles. The van der Waals surface area contributed by atoms with E-state index in [1.807, 2.05) is 42.0 Å². The molecule has 0 saturated carbocycles. The number of hydrogen-bond donors (Lipinski definition) is 1. The lowest BCUT2D eigenvalue weighted by molar-refractivity contribution is 0.839. The van der Waals surface area contributed by atoms with Gasteiger partial charge in [0.05, 0.1) is 23.3 Å². The minimum atomic E-state index is 0.376. The Morgan fingerprint density at radius 3 is 2.61 bits per heavy atom. The number of aromatic nitrogens is 4. The molecular formula is C13H13N5. The lowest BCUT2D eigenvalue weighted by Gasteiger charge is -2.09. The van der Waals surface area contributed by atoms with Crippen molar-refractivity contribution in [1.82, 2.24) is 19.5 Å². The van der Waals surface area contributed by atoms with Crippen LogP contribution in [0.25, 0.3) is 16.9 Å². The van der Waals surface area contributed by atoms with E-state index < -0.39 is 0 Å². The van der Waals surface area contributed by atoms with Crippen LogP contribution in [0.5, 0.6) is 0 Å². The first-order valence-electron chi connectivity index (χ1n) is 5.75. The van der Waals surface area contributed by atoms with E-state index in [-0.39, 0.29) is 0 Å². The smallest absolute Gasteiger partial charge is 0.160 e. The molecule has 0 radical (unpaired) electrons. The predicted octanol–water partition coefficient (Wildman–Crippen LogP) is 1.58. The predicted molar refractivity (Wildman–Crippen MR) is 69.3 cm³/mol. The molecule has 0 saturated heterocycles. The van der Waals surface area contributed by atoms with Gasteiger partial charge in [0.2, 0.25) is 0 Å². The number of fused-ring (bicyclic) bond motifs is 1. The van der Waals surface area contributed by atoms with Crippen LogP contribution >= 0.6 is 0 Å². The zero-order valence-electron chi connectivity index (χ0n) is 10.0. The zero-order valence-corrected chi connectivity index (χ0v) is 10.0. The van der Waals surface area contributed by atoms with Crippen LogP contribution in [0.3, 0.4) is 0 Å². The highest BCUT2D eigenvalue weighted by atomic mass is 15.1. The van der Waals surface area contributed by atoms with Crippen LogP contribution in [0.4, 0.5) is 0 Å². The highest BCUT2D eigenvalue weighted by Crippen LogP contribution is 2.16. The summed E-state index contributed by atoms with van der Waals surface area (Å²) in [7, 11) is 0. The molecule has 2 heterocycles. The van der Waals surface area contributed by atoms with E-state index in [1.165, 1.54) is 0 Å². The van der Waals surface area contributed by atoms with Crippen LogP contribution in [-0.2, 0) is 6.54 Å². The number of hydrogen-bond acceptors (Lipinski definition) is 4. The fraction of sp³-hybridized carbons (Fsp3) is 0.154. The average Bonchev–Trinajstić information content (AvgIpc) is 2.86. The Balaban J connectivity index is 2.26. The molecule has 0 aliphatic carbocycles. The van der Waals surface area contributed by atoms with Crippen molar-refractivity contribution in [2.75, 3.05) is 0 Å². The summed E-state index contributed by atoms with van der Waals surface area (Å²) in [5.74, 6) is 1.56. The summed E-state index contributed by atoms with van der Waals surface area (Å²) in [6.07, 6.45) is 3.58. The van der Waals surface area contributed by atoms with Crippen LogP contribution in [0.15, 0.2) is 36.7 Å². The number of benzene rings is 1. The van der Waals surface area contributed by atoms with Crippen molar-refractivity contribution in [2.24, 2.45) is 5.73 Å². The molecule has 90 valence electrons. The van der Waals surface area contributed by atoms with Crippen molar-refractivity contribution in [2.45, 2.75) is 13.5 Å². The maximum Gasteiger partial charge on any atom is 0.160 e. The first kappa shape index (κ1) is 10.9. The quantitative estimate of drug-likeness (QED) is 0.737. The van der Waals surface area contributed by atoms with Gasteiger partial charge in [-0.25, -0.2) is 15.0 Å². The molecule has 0 amide bonds. The van der Waals surface area contributed by atoms with Crippen LogP contribution in [0.1, 0.15) is 11.5 Å². The minimum absolute atomic E-state index is 0.376. The summed E-state index contributed by atoms with van der Waals surface area (Å²) >= 11 is 0. The fourth-order valence-electron chi connectivity index (χ4n) is 1.99. The molecule has 3 aromatic rings. The fourth-order valence-corrected chi connectivity index (χ4v) is 1.99. The molecule has 5 nitrogen and oxygen atoms in total. The van der Waals surface area contributed by atoms with Crippen molar-refractivity contribution in [3.63, 3.8) is 0 Å². The highest BCUT2D eigenvalue weighted by molar-refractivity contribution is 5.75. The second-order valence-corrected chi connectivity index (χ2v) is 4.04. The van der Waals surface area contributed by atoms with Crippen molar-refractivity contribution in [1.29, 1.82) is 0 Å². The first-order chi connectivity index (χ1) is 8.79. The summed E-state index contributed by atoms with van der Waals surface area (Å²) in [5, 5.41) is 0. The van der Waals surface area contributed by atoms with Gasteiger partial charge in [-0.15, -0.1) is 0 Å². The average molecular weight is 239 g/mol. The topological polar surface area (TPSA) is 69.6 Å². The lowest BCUT2D eigenvalue weighted by atomic mass is 10.3. The van der Waals surface area contributed by atoms with Crippen molar-refractivity contribution in [3.05, 3.63) is 48.2 Å². The normalized spacial score (nSPS) is 11.0. The number of aryl methyl sites for hydroxylation is 1. The molecule has 18 heavy (non-hydrogen) atoms. The maximum atomic E-state index is 5.66. The molecule has 0 aliphatic heterocycles. The Labute approximate surface area is 104 Å². The third-order valence-corrected chi connectivity index (χ3v) is 2.85. The number of nitrogens with two attached hydrogens (primary N) is 1. The Morgan fingerprint density at radius 2 is 1.89 bits per heavy atom. The Morgan fingerprint density at radius 1 is 1.17 bits per heavy atom. The summed E-state index contributed by atoms with van der Waals surface area (Å²) in [4.78, 5) is 13.4. The Kier molecular flexibility index (Phi) is 2.53. The molecule has 2 N–H and O–H groups in total. The van der Waals surface area contributed by atoms with E-state index in [0.29, 0.717) is 6.54 Å². The minimum Gasteiger partial charge on any atom is -0.324 e. The van der Waals surface area contributed by atoms with Crippen molar-refractivity contribution >= 4 is 11.0 Å². The van der Waals surface area contributed by atoms with Crippen LogP contribution in [0.2, 0.25) is 0 Å². The largest absolute Gasteiger partial charge is 0.324 e. The number of nitrogens with zero attached hydrogens (tertiary/aromatic N) is 4. The zero-order chi connectivity index (χ0) is 12.5. The second-order valence-electron chi connectivity index (χ2n) is 4.04. The van der Waals surface area contributed by atoms with Gasteiger partial charge in [-0.05, 0) is 19.1 Å². The lowest BCUT2D eigenvalue weighted by Crippen LogP contribution is -2.09. The molecule has 0 unspecified atom stereocenters. The van der Waals surface area contributed by atoms with Crippen LogP contribution in [-0.4, -0.2) is 19.5 Å². The van der Waals surface area contributed by atoms with E-state index in [0.717, 1.165) is 28.4 Å². The van der Waals surface area contributed by atoms with Gasteiger partial charge >= 0.3 is 0 Å². The van der Waals surface area contributed by atoms with E-state index >= 15 is 0 Å². The van der Waals surface area contributed by atoms with Gasteiger partial charge in [-0.2, -0.15) is 0 Å². The van der Waals surface area contributed by atoms with E-state index in [4.69, 9.17) is 5.73 Å². The van der Waals surface area contributed by atoms with Crippen LogP contribution < -0.4 is 5.73 Å². The second kappa shape index (κ2) is 4.19. The van der Waals surface area contributed by atoms with Crippen molar-refractivity contribution < 1.29 is 0 Å². The molecule has 5 heteroatoms. The Bertz CT molecular complexity index is 701. The highest BCUT2D eigenvalue weighted by Gasteiger charge is 2.10. The van der Waals surface area contributed by atoms with Gasteiger partial charge in [-0.3, -0.25) is 4.57 Å². The summed E-state index contributed by atoms with van der Waals surface area (Å²) in [6.45, 7) is 2.32. The number of rotatable bonds is 2. The number of para-hydroxylation sites is 2. The standard InChI is InChI=1S/C13H13N5/c1-9-13(18-7-6-15-12(18)8-14)17-11-5-3-2-4-10(11)16-9/h2-7H,8,14H2,1H3. The SMILES string of the molecule is Cc1nc2ccccc2nc1-n1ccnc1CN. The summed E-state index contributed by atoms with van der Waals surface area (Å²) < 4.78 is 1.88. The van der Waals surface area contributed by atoms with Gasteiger partial charge < -0.3 is 5.73 Å². The van der Waals surface area contributed by atoms with Crippen molar-refractivity contribution in [3.8, 4) is 5.82 Å². The number of imidazole rings is 1. The molecule has 2 aromatic heterocycles. The van der Waals surface area contributed by atoms with Crippen LogP contribution in [0, 0.1) is 6.92 Å². The molecule has 0 spiro atoms. The van der Waals surface area contributed by atoms with E-state index in [2.05, 4.69) is 15.0 Å². The van der Waals surface area contributed by atoms with Gasteiger partial charge in [0, 0.05) is 12.4 Å². The maximum absolute atomic E-state index is 5.66. The monoisotopic (exact) mass is 239 g/mol. The molecule has 0 bridgehead atoms. The molecule has 3 rings (SSSR count). The van der Waals surface area contributed by atoms with Gasteiger partial charge in [0.1, 0.15) is 5.82 Å². The van der Waals surface area contributed by atoms with Gasteiger partial charge in [0.25, 0.3) is 0 Å². The summed E-state index contributed by atoms with van der Waals surface area (Å²) in [5.41, 5.74) is 8.29. The van der Waals surface area contributed by atoms with E-state index in [1.54, 1.807) is 6.20 Å². The Hall–Kier alpha value is -2.27. The first-order valence-corrected chi connectivity index (χ1v) is 5.75. The molecular weight excluding hydrogens is 226 g/mol. The molecule has 0 fully saturated rings.